The summed E-state index contributed by atoms with van der Waals surface area (Å²) in [5.74, 6) is -0.132. The zero-order valence-electron chi connectivity index (χ0n) is 15.8. The molecule has 0 unspecified atom stereocenters. The van der Waals surface area contributed by atoms with Gasteiger partial charge in [0.25, 0.3) is 0 Å². The largest absolute Gasteiger partial charge is 0.325 e. The van der Waals surface area contributed by atoms with E-state index in [1.807, 2.05) is 0 Å². The summed E-state index contributed by atoms with van der Waals surface area (Å²) in [6.45, 7) is 4.41. The highest BCUT2D eigenvalue weighted by molar-refractivity contribution is 7.89. The Hall–Kier alpha value is -1.15. The Morgan fingerprint density at radius 2 is 1.85 bits per heavy atom. The quantitative estimate of drug-likeness (QED) is 0.803. The number of likely N-dealkylation sites (tertiary alicyclic amines) is 1. The van der Waals surface area contributed by atoms with E-state index in [2.05, 4.69) is 17.1 Å². The first-order valence-electron chi connectivity index (χ1n) is 9.71. The molecule has 2 saturated heterocycles. The van der Waals surface area contributed by atoms with Gasteiger partial charge in [0, 0.05) is 24.8 Å². The number of carbonyl (C=O) groups is 1. The van der Waals surface area contributed by atoms with E-state index in [9.17, 15) is 13.2 Å². The van der Waals surface area contributed by atoms with E-state index in [-0.39, 0.29) is 15.8 Å². The number of carbonyl (C=O) groups excluding carboxylic acids is 1. The molecule has 2 heterocycles. The number of piperidine rings is 2. The standard InChI is InChI=1S/C19H28ClN3O3S/c1-15-7-3-6-10-22(15)14-19(24)21-16-8-9-17(20)18(13-16)27(25,26)23-11-4-2-5-12-23/h8-9,13,15H,2-7,10-12,14H2,1H3,(H,21,24)/t15-/m0/s1. The van der Waals surface area contributed by atoms with Crippen molar-refractivity contribution in [3.8, 4) is 0 Å². The maximum absolute atomic E-state index is 12.9. The summed E-state index contributed by atoms with van der Waals surface area (Å²) < 4.78 is 27.3. The van der Waals surface area contributed by atoms with Gasteiger partial charge in [-0.2, -0.15) is 4.31 Å². The second-order valence-electron chi connectivity index (χ2n) is 7.47. The van der Waals surface area contributed by atoms with Crippen molar-refractivity contribution >= 4 is 33.2 Å². The van der Waals surface area contributed by atoms with Gasteiger partial charge in [0.2, 0.25) is 15.9 Å². The van der Waals surface area contributed by atoms with Gasteiger partial charge in [-0.3, -0.25) is 9.69 Å². The van der Waals surface area contributed by atoms with E-state index in [0.29, 0.717) is 31.4 Å². The van der Waals surface area contributed by atoms with Gasteiger partial charge in [0.1, 0.15) is 4.90 Å². The highest BCUT2D eigenvalue weighted by Gasteiger charge is 2.28. The smallest absolute Gasteiger partial charge is 0.244 e. The number of rotatable bonds is 5. The lowest BCUT2D eigenvalue weighted by atomic mass is 10.0. The summed E-state index contributed by atoms with van der Waals surface area (Å²) in [5, 5.41) is 3.01. The van der Waals surface area contributed by atoms with Crippen LogP contribution in [0.15, 0.2) is 23.1 Å². The predicted molar refractivity (Wildman–Crippen MR) is 108 cm³/mol. The van der Waals surface area contributed by atoms with Crippen molar-refractivity contribution in [1.82, 2.24) is 9.21 Å². The van der Waals surface area contributed by atoms with E-state index in [1.54, 1.807) is 6.07 Å². The Labute approximate surface area is 166 Å². The maximum Gasteiger partial charge on any atom is 0.244 e. The minimum Gasteiger partial charge on any atom is -0.325 e. The number of benzene rings is 1. The third-order valence-corrected chi connectivity index (χ3v) is 7.82. The number of anilines is 1. The fourth-order valence-corrected chi connectivity index (χ4v) is 5.82. The summed E-state index contributed by atoms with van der Waals surface area (Å²) in [7, 11) is -3.65. The molecule has 0 aliphatic carbocycles. The first-order valence-corrected chi connectivity index (χ1v) is 11.5. The SMILES string of the molecule is C[C@H]1CCCCN1CC(=O)Nc1ccc(Cl)c(S(=O)(=O)N2CCCCC2)c1. The molecule has 27 heavy (non-hydrogen) atoms. The van der Waals surface area contributed by atoms with Crippen molar-refractivity contribution in [2.24, 2.45) is 0 Å². The highest BCUT2D eigenvalue weighted by Crippen LogP contribution is 2.29. The third-order valence-electron chi connectivity index (χ3n) is 5.44. The van der Waals surface area contributed by atoms with Crippen molar-refractivity contribution < 1.29 is 13.2 Å². The van der Waals surface area contributed by atoms with Crippen LogP contribution in [0.3, 0.4) is 0 Å². The van der Waals surface area contributed by atoms with Gasteiger partial charge in [0.05, 0.1) is 11.6 Å². The van der Waals surface area contributed by atoms with Crippen LogP contribution in [-0.2, 0) is 14.8 Å². The molecule has 0 aromatic heterocycles. The fourth-order valence-electron chi connectivity index (χ4n) is 3.80. The van der Waals surface area contributed by atoms with Crippen molar-refractivity contribution in [3.63, 3.8) is 0 Å². The number of nitrogens with zero attached hydrogens (tertiary/aromatic N) is 2. The molecular weight excluding hydrogens is 386 g/mol. The molecule has 6 nitrogen and oxygen atoms in total. The van der Waals surface area contributed by atoms with Crippen molar-refractivity contribution in [3.05, 3.63) is 23.2 Å². The Morgan fingerprint density at radius 1 is 1.15 bits per heavy atom. The molecule has 2 fully saturated rings. The van der Waals surface area contributed by atoms with Crippen LogP contribution >= 0.6 is 11.6 Å². The minimum atomic E-state index is -3.65. The molecule has 150 valence electrons. The molecule has 1 amide bonds. The van der Waals surface area contributed by atoms with E-state index in [4.69, 9.17) is 11.6 Å². The number of hydrogen-bond donors (Lipinski definition) is 1. The minimum absolute atomic E-state index is 0.0650. The van der Waals surface area contributed by atoms with Crippen LogP contribution in [0.1, 0.15) is 45.4 Å². The predicted octanol–water partition coefficient (Wildman–Crippen LogP) is 3.33. The number of hydrogen-bond acceptors (Lipinski definition) is 4. The van der Waals surface area contributed by atoms with Crippen LogP contribution in [0.4, 0.5) is 5.69 Å². The fraction of sp³-hybridized carbons (Fsp3) is 0.632. The summed E-state index contributed by atoms with van der Waals surface area (Å²) in [4.78, 5) is 14.7. The maximum atomic E-state index is 12.9. The molecule has 0 radical (unpaired) electrons. The van der Waals surface area contributed by atoms with Gasteiger partial charge in [-0.25, -0.2) is 8.42 Å². The Bertz CT molecular complexity index is 778. The van der Waals surface area contributed by atoms with Gasteiger partial charge in [0.15, 0.2) is 0 Å². The van der Waals surface area contributed by atoms with E-state index in [0.717, 1.165) is 38.6 Å². The van der Waals surface area contributed by atoms with E-state index in [1.165, 1.54) is 22.9 Å². The molecule has 3 rings (SSSR count). The second-order valence-corrected chi connectivity index (χ2v) is 9.79. The topological polar surface area (TPSA) is 69.7 Å². The molecule has 2 aliphatic heterocycles. The van der Waals surface area contributed by atoms with E-state index >= 15 is 0 Å². The first-order chi connectivity index (χ1) is 12.9. The summed E-state index contributed by atoms with van der Waals surface area (Å²) in [6.07, 6.45) is 6.19. The molecule has 8 heteroatoms. The van der Waals surface area contributed by atoms with Crippen LogP contribution in [0, 0.1) is 0 Å². The van der Waals surface area contributed by atoms with Gasteiger partial charge >= 0.3 is 0 Å². The Balaban J connectivity index is 1.72. The molecular formula is C19H28ClN3O3S. The van der Waals surface area contributed by atoms with Crippen LogP contribution < -0.4 is 5.32 Å². The van der Waals surface area contributed by atoms with Crippen molar-refractivity contribution in [1.29, 1.82) is 0 Å². The number of nitrogens with one attached hydrogen (secondary N) is 1. The van der Waals surface area contributed by atoms with Crippen LogP contribution in [0.2, 0.25) is 5.02 Å². The zero-order valence-corrected chi connectivity index (χ0v) is 17.4. The van der Waals surface area contributed by atoms with Crippen LogP contribution in [-0.4, -0.2) is 55.8 Å². The summed E-state index contributed by atoms with van der Waals surface area (Å²) >= 11 is 6.18. The lowest BCUT2D eigenvalue weighted by molar-refractivity contribution is -0.118. The van der Waals surface area contributed by atoms with Crippen molar-refractivity contribution in [2.75, 3.05) is 31.5 Å². The molecule has 1 aromatic carbocycles. The normalized spacial score (nSPS) is 22.5. The molecule has 1 N–H and O–H groups in total. The number of sulfonamides is 1. The second kappa shape index (κ2) is 8.90. The molecule has 0 spiro atoms. The van der Waals surface area contributed by atoms with Crippen LogP contribution in [0.5, 0.6) is 0 Å². The highest BCUT2D eigenvalue weighted by atomic mass is 35.5. The Morgan fingerprint density at radius 3 is 2.56 bits per heavy atom. The van der Waals surface area contributed by atoms with Gasteiger partial charge < -0.3 is 5.32 Å². The number of amides is 1. The van der Waals surface area contributed by atoms with E-state index < -0.39 is 10.0 Å². The van der Waals surface area contributed by atoms with Crippen molar-refractivity contribution in [2.45, 2.75) is 56.4 Å². The summed E-state index contributed by atoms with van der Waals surface area (Å²) in [6, 6.07) is 5.06. The van der Waals surface area contributed by atoms with Gasteiger partial charge in [-0.15, -0.1) is 0 Å². The Kier molecular flexibility index (Phi) is 6.78. The van der Waals surface area contributed by atoms with Gasteiger partial charge in [-0.1, -0.05) is 24.4 Å². The lowest BCUT2D eigenvalue weighted by Gasteiger charge is -2.32. The van der Waals surface area contributed by atoms with Crippen LogP contribution in [0.25, 0.3) is 0 Å². The summed E-state index contributed by atoms with van der Waals surface area (Å²) in [5.41, 5.74) is 0.463. The molecule has 2 aliphatic rings. The molecule has 1 aromatic rings. The molecule has 0 bridgehead atoms. The number of halogens is 1. The molecule has 0 saturated carbocycles. The lowest BCUT2D eigenvalue weighted by Crippen LogP contribution is -2.42. The third kappa shape index (κ3) is 5.02. The van der Waals surface area contributed by atoms with Gasteiger partial charge in [-0.05, 0) is 57.4 Å². The first kappa shape index (κ1) is 20.6. The average Bonchev–Trinajstić information content (AvgIpc) is 2.66. The molecule has 1 atom stereocenters. The average molecular weight is 414 g/mol. The monoisotopic (exact) mass is 413 g/mol. The zero-order chi connectivity index (χ0) is 19.4.